The maximum atomic E-state index is 2.41. The molecule has 6 aromatic rings. The van der Waals surface area contributed by atoms with E-state index in [0.717, 1.165) is 0 Å². The Hall–Kier alpha value is -3.52. The summed E-state index contributed by atoms with van der Waals surface area (Å²) in [4.78, 5) is 0. The SMILES string of the molecule is Cc1cccc2c3c4c5ccccc5n(-c5ccccc5)c4cc(C)c3n(C)c12. The van der Waals surface area contributed by atoms with Gasteiger partial charge in [0.25, 0.3) is 0 Å². The number of nitrogens with zero attached hydrogens (tertiary/aromatic N) is 2. The minimum absolute atomic E-state index is 1.20. The molecule has 0 aliphatic heterocycles. The summed E-state index contributed by atoms with van der Waals surface area (Å²) in [6.45, 7) is 4.45. The fraction of sp³-hybridized carbons (Fsp3) is 0.111. The number of aryl methyl sites for hydroxylation is 3. The van der Waals surface area contributed by atoms with Crippen LogP contribution in [-0.2, 0) is 7.05 Å². The summed E-state index contributed by atoms with van der Waals surface area (Å²) in [5.41, 5.74) is 9.02. The monoisotopic (exact) mass is 374 g/mol. The van der Waals surface area contributed by atoms with Crippen LogP contribution in [-0.4, -0.2) is 9.13 Å². The van der Waals surface area contributed by atoms with Gasteiger partial charge in [0.15, 0.2) is 0 Å². The number of aromatic nitrogens is 2. The highest BCUT2D eigenvalue weighted by atomic mass is 15.0. The number of fused-ring (bicyclic) bond motifs is 7. The molecule has 2 aromatic heterocycles. The van der Waals surface area contributed by atoms with E-state index < -0.39 is 0 Å². The molecule has 0 amide bonds. The van der Waals surface area contributed by atoms with E-state index in [2.05, 4.69) is 109 Å². The number of hydrogen-bond acceptors (Lipinski definition) is 0. The standard InChI is InChI=1S/C27H22N2/c1-17-10-9-14-21-25-24-20-13-7-8-15-22(20)29(19-11-5-4-6-12-19)23(24)16-18(2)27(25)28(3)26(17)21/h4-16H,1-3H3. The van der Waals surface area contributed by atoms with Crippen LogP contribution in [0.5, 0.6) is 0 Å². The Morgan fingerprint density at radius 1 is 0.586 bits per heavy atom. The third-order valence-corrected chi connectivity index (χ3v) is 6.32. The zero-order valence-corrected chi connectivity index (χ0v) is 16.9. The van der Waals surface area contributed by atoms with Gasteiger partial charge < -0.3 is 9.13 Å². The lowest BCUT2D eigenvalue weighted by Crippen LogP contribution is -1.94. The average Bonchev–Trinajstić information content (AvgIpc) is 3.22. The summed E-state index contributed by atoms with van der Waals surface area (Å²) >= 11 is 0. The Kier molecular flexibility index (Phi) is 3.25. The molecule has 140 valence electrons. The van der Waals surface area contributed by atoms with Crippen LogP contribution < -0.4 is 0 Å². The molecular formula is C27H22N2. The molecule has 0 saturated carbocycles. The van der Waals surface area contributed by atoms with Gasteiger partial charge in [0, 0.05) is 34.3 Å². The first-order valence-electron chi connectivity index (χ1n) is 10.1. The van der Waals surface area contributed by atoms with Crippen molar-refractivity contribution < 1.29 is 0 Å². The normalized spacial score (nSPS) is 12.0. The third kappa shape index (κ3) is 2.06. The molecule has 0 aliphatic carbocycles. The lowest BCUT2D eigenvalue weighted by Gasteiger charge is -2.09. The van der Waals surface area contributed by atoms with Crippen LogP contribution in [0.25, 0.3) is 49.3 Å². The van der Waals surface area contributed by atoms with Crippen molar-refractivity contribution in [2.75, 3.05) is 0 Å². The van der Waals surface area contributed by atoms with Crippen LogP contribution in [0.1, 0.15) is 11.1 Å². The van der Waals surface area contributed by atoms with Gasteiger partial charge in [-0.25, -0.2) is 0 Å². The predicted molar refractivity (Wildman–Crippen MR) is 124 cm³/mol. The highest BCUT2D eigenvalue weighted by Crippen LogP contribution is 2.42. The van der Waals surface area contributed by atoms with Crippen molar-refractivity contribution in [3.05, 3.63) is 90.0 Å². The lowest BCUT2D eigenvalue weighted by molar-refractivity contribution is 1.00. The molecular weight excluding hydrogens is 352 g/mol. The molecule has 29 heavy (non-hydrogen) atoms. The van der Waals surface area contributed by atoms with Crippen molar-refractivity contribution >= 4 is 43.6 Å². The fourth-order valence-corrected chi connectivity index (χ4v) is 5.22. The zero-order valence-electron chi connectivity index (χ0n) is 16.9. The smallest absolute Gasteiger partial charge is 0.0551 e. The largest absolute Gasteiger partial charge is 0.343 e. The van der Waals surface area contributed by atoms with Crippen molar-refractivity contribution in [3.63, 3.8) is 0 Å². The van der Waals surface area contributed by atoms with E-state index in [4.69, 9.17) is 0 Å². The van der Waals surface area contributed by atoms with Gasteiger partial charge in [-0.15, -0.1) is 0 Å². The number of benzene rings is 4. The summed E-state index contributed by atoms with van der Waals surface area (Å²) in [5, 5.41) is 5.37. The van der Waals surface area contributed by atoms with E-state index >= 15 is 0 Å². The van der Waals surface area contributed by atoms with Crippen LogP contribution in [0.2, 0.25) is 0 Å². The second-order valence-electron chi connectivity index (χ2n) is 8.03. The number of hydrogen-bond donors (Lipinski definition) is 0. The Morgan fingerprint density at radius 3 is 2.14 bits per heavy atom. The van der Waals surface area contributed by atoms with Crippen molar-refractivity contribution in [1.82, 2.24) is 9.13 Å². The molecule has 0 N–H and O–H groups in total. The summed E-state index contributed by atoms with van der Waals surface area (Å²) in [7, 11) is 2.20. The fourth-order valence-electron chi connectivity index (χ4n) is 5.22. The van der Waals surface area contributed by atoms with Gasteiger partial charge in [0.2, 0.25) is 0 Å². The van der Waals surface area contributed by atoms with E-state index in [1.54, 1.807) is 0 Å². The van der Waals surface area contributed by atoms with Crippen LogP contribution >= 0.6 is 0 Å². The van der Waals surface area contributed by atoms with E-state index in [9.17, 15) is 0 Å². The van der Waals surface area contributed by atoms with Gasteiger partial charge >= 0.3 is 0 Å². The molecule has 2 heteroatoms. The second-order valence-corrected chi connectivity index (χ2v) is 8.03. The molecule has 0 unspecified atom stereocenters. The first-order valence-corrected chi connectivity index (χ1v) is 10.1. The quantitative estimate of drug-likeness (QED) is 0.292. The Morgan fingerprint density at radius 2 is 1.31 bits per heavy atom. The molecule has 0 saturated heterocycles. The van der Waals surface area contributed by atoms with Crippen molar-refractivity contribution in [1.29, 1.82) is 0 Å². The van der Waals surface area contributed by atoms with Gasteiger partial charge in [-0.05, 0) is 49.2 Å². The van der Waals surface area contributed by atoms with E-state index in [-0.39, 0.29) is 0 Å². The molecule has 0 radical (unpaired) electrons. The van der Waals surface area contributed by atoms with Gasteiger partial charge in [0.1, 0.15) is 0 Å². The van der Waals surface area contributed by atoms with Crippen LogP contribution in [0, 0.1) is 13.8 Å². The van der Waals surface area contributed by atoms with Gasteiger partial charge in [-0.2, -0.15) is 0 Å². The Bertz CT molecular complexity index is 1560. The summed E-state index contributed by atoms with van der Waals surface area (Å²) < 4.78 is 4.79. The van der Waals surface area contributed by atoms with Crippen molar-refractivity contribution in [2.45, 2.75) is 13.8 Å². The topological polar surface area (TPSA) is 9.86 Å². The highest BCUT2D eigenvalue weighted by Gasteiger charge is 2.20. The second kappa shape index (κ2) is 5.74. The Balaban J connectivity index is 1.97. The molecule has 0 aliphatic rings. The minimum atomic E-state index is 1.20. The van der Waals surface area contributed by atoms with E-state index in [1.807, 2.05) is 0 Å². The summed E-state index contributed by atoms with van der Waals surface area (Å²) in [6.07, 6.45) is 0. The van der Waals surface area contributed by atoms with E-state index in [0.29, 0.717) is 0 Å². The summed E-state index contributed by atoms with van der Waals surface area (Å²) in [6, 6.07) is 28.5. The third-order valence-electron chi connectivity index (χ3n) is 6.32. The maximum absolute atomic E-state index is 2.41. The van der Waals surface area contributed by atoms with Crippen LogP contribution in [0.4, 0.5) is 0 Å². The van der Waals surface area contributed by atoms with Gasteiger partial charge in [0.05, 0.1) is 22.1 Å². The summed E-state index contributed by atoms with van der Waals surface area (Å²) in [5.74, 6) is 0. The average molecular weight is 374 g/mol. The first kappa shape index (κ1) is 16.4. The van der Waals surface area contributed by atoms with E-state index in [1.165, 1.54) is 60.4 Å². The lowest BCUT2D eigenvalue weighted by atomic mass is 10.0. The molecule has 4 aromatic carbocycles. The van der Waals surface area contributed by atoms with Crippen LogP contribution in [0.15, 0.2) is 78.9 Å². The van der Waals surface area contributed by atoms with Gasteiger partial charge in [-0.1, -0.05) is 54.6 Å². The van der Waals surface area contributed by atoms with Crippen molar-refractivity contribution in [3.8, 4) is 5.69 Å². The highest BCUT2D eigenvalue weighted by molar-refractivity contribution is 6.29. The molecule has 0 atom stereocenters. The predicted octanol–water partition coefficient (Wildman–Crippen LogP) is 7.05. The zero-order chi connectivity index (χ0) is 19.7. The molecule has 2 nitrogen and oxygen atoms in total. The number of rotatable bonds is 1. The molecule has 0 spiro atoms. The van der Waals surface area contributed by atoms with Crippen molar-refractivity contribution in [2.24, 2.45) is 7.05 Å². The number of para-hydroxylation sites is 3. The Labute approximate surface area is 169 Å². The molecule has 2 heterocycles. The molecule has 0 bridgehead atoms. The van der Waals surface area contributed by atoms with Crippen LogP contribution in [0.3, 0.4) is 0 Å². The molecule has 6 rings (SSSR count). The molecule has 0 fully saturated rings. The minimum Gasteiger partial charge on any atom is -0.343 e. The maximum Gasteiger partial charge on any atom is 0.0551 e. The first-order chi connectivity index (χ1) is 14.2. The van der Waals surface area contributed by atoms with Gasteiger partial charge in [-0.3, -0.25) is 0 Å².